The molecule has 0 spiro atoms. The predicted molar refractivity (Wildman–Crippen MR) is 455 cm³/mol. The van der Waals surface area contributed by atoms with E-state index in [0.29, 0.717) is 18.4 Å². The standard InChI is InChI=1S/C76H133N29O18/c1-8-41(5)58(103-65(115)46(22-13-14-30-77)96-67(117)52(39-106)101-66(116)51(36-44-20-11-10-12-21-44)100-63(113)48(25-17-33-90-75(84)85)99-70(120)57(40(3)4)102-60(110)43(7)78)69(119)93-38-56(109)95-50(26-18-34-91-76(86)87)71(121)105-35-19-27-53(105)68(118)98-47(24-16-32-89-74(82)83)62(112)97-49(28-29-54(79)107)61(111)92-37-55(108)94-45(23-15-31-88-73(80)81)64(114)104-59(72(122)123)42(6)9-2/h10-12,20-21,40-43,45-53,57-59,106H,8-9,13-19,22-39,77-78H2,1-7H3,(H2,79,107)(H,92,111)(H,93,119)(H,94,108)(H,95,109)(H,96,117)(H,97,112)(H,98,118)(H,99,120)(H,100,113)(H,101,116)(H,102,110)(H,103,115)(H,104,114)(H,122,123)(H4,80,81,88)(H4,82,83,89)(H4,84,85,90)(H4,86,87,91)/t41-,42-,43-,45-,46-,47-,48-,49-,50-,51-,52-,53-,57-,58-,59-/m0/s1. The van der Waals surface area contributed by atoms with Crippen molar-refractivity contribution in [3.05, 3.63) is 35.9 Å². The molecule has 15 atom stereocenters. The maximum absolute atomic E-state index is 14.8. The number of hydrogen-bond acceptors (Lipinski definition) is 23. The zero-order valence-electron chi connectivity index (χ0n) is 71.2. The smallest absolute Gasteiger partial charge is 0.326 e. The molecule has 47 nitrogen and oxygen atoms in total. The van der Waals surface area contributed by atoms with E-state index in [-0.39, 0.29) is 153 Å². The molecule has 0 saturated carbocycles. The van der Waals surface area contributed by atoms with Crippen molar-refractivity contribution in [1.82, 2.24) is 74.0 Å². The van der Waals surface area contributed by atoms with Gasteiger partial charge in [0.2, 0.25) is 88.6 Å². The number of hydrogen-bond donors (Lipinski definition) is 26. The van der Waals surface area contributed by atoms with Gasteiger partial charge < -0.3 is 147 Å². The van der Waals surface area contributed by atoms with Gasteiger partial charge in [0.05, 0.1) is 25.7 Å². The fourth-order valence-corrected chi connectivity index (χ4v) is 12.5. The number of carboxylic acid groups (broad SMARTS) is 1. The maximum Gasteiger partial charge on any atom is 0.326 e. The van der Waals surface area contributed by atoms with E-state index in [9.17, 15) is 86.9 Å². The van der Waals surface area contributed by atoms with E-state index >= 15 is 0 Å². The van der Waals surface area contributed by atoms with Crippen molar-refractivity contribution in [3.8, 4) is 0 Å². The number of aliphatic hydroxyl groups is 1. The van der Waals surface area contributed by atoms with E-state index in [0.717, 1.165) is 0 Å². The van der Waals surface area contributed by atoms with Crippen molar-refractivity contribution >= 4 is 118 Å². The van der Waals surface area contributed by atoms with Crippen LogP contribution in [0.15, 0.2) is 50.3 Å². The molecular formula is C76H133N29O18. The predicted octanol–water partition coefficient (Wildman–Crippen LogP) is -9.43. The van der Waals surface area contributed by atoms with Crippen LogP contribution in [0.4, 0.5) is 0 Å². The molecule has 2 rings (SSSR count). The first-order chi connectivity index (χ1) is 58.1. The lowest BCUT2D eigenvalue weighted by molar-refractivity contribution is -0.144. The van der Waals surface area contributed by atoms with Gasteiger partial charge in [0.1, 0.15) is 72.5 Å². The lowest BCUT2D eigenvalue weighted by Gasteiger charge is -2.30. The number of likely N-dealkylation sites (tertiary alicyclic amines) is 1. The highest BCUT2D eigenvalue weighted by Crippen LogP contribution is 2.22. The molecule has 123 heavy (non-hydrogen) atoms. The summed E-state index contributed by atoms with van der Waals surface area (Å²) in [7, 11) is 0. The number of nitrogens with two attached hydrogens (primary N) is 11. The van der Waals surface area contributed by atoms with Gasteiger partial charge in [-0.1, -0.05) is 84.7 Å². The van der Waals surface area contributed by atoms with Crippen LogP contribution in [-0.2, 0) is 83.1 Å². The van der Waals surface area contributed by atoms with Crippen molar-refractivity contribution in [2.75, 3.05) is 59.0 Å². The lowest BCUT2D eigenvalue weighted by atomic mass is 9.97. The Morgan fingerprint density at radius 3 is 1.28 bits per heavy atom. The van der Waals surface area contributed by atoms with Gasteiger partial charge in [0, 0.05) is 45.6 Å². The highest BCUT2D eigenvalue weighted by Gasteiger charge is 2.41. The summed E-state index contributed by atoms with van der Waals surface area (Å²) in [4.78, 5) is 238. The summed E-state index contributed by atoms with van der Waals surface area (Å²) in [5.74, 6) is -17.5. The number of carbonyl (C=O) groups excluding carboxylic acids is 15. The SMILES string of the molecule is CC[C@H](C)[C@H](NC(=O)[C@H](CCCN=C(N)N)NC(=O)CNC(=O)[C@H](CCC(N)=O)NC(=O)[C@H](CCCN=C(N)N)NC(=O)[C@@H]1CCCN1C(=O)[C@H](CCCN=C(N)N)NC(=O)CNC(=O)[C@@H](NC(=O)[C@H](CCCCN)NC(=O)[C@H](CO)NC(=O)[C@H](Cc1ccccc1)NC(=O)[C@H](CCCN=C(N)N)NC(=O)[C@@H](NC(=O)[C@H](C)N)C(C)C)[C@@H](C)CC)C(=O)O. The van der Waals surface area contributed by atoms with E-state index in [1.54, 1.807) is 71.9 Å². The van der Waals surface area contributed by atoms with Crippen LogP contribution in [0.25, 0.3) is 0 Å². The molecule has 0 aromatic heterocycles. The molecule has 1 aliphatic rings. The van der Waals surface area contributed by atoms with Gasteiger partial charge in [-0.2, -0.15) is 0 Å². The summed E-state index contributed by atoms with van der Waals surface area (Å²) in [6.45, 7) is 8.81. The number of benzene rings is 1. The van der Waals surface area contributed by atoms with Crippen LogP contribution >= 0.6 is 0 Å². The quantitative estimate of drug-likeness (QED) is 0.0164. The van der Waals surface area contributed by atoms with Crippen molar-refractivity contribution in [3.63, 3.8) is 0 Å². The van der Waals surface area contributed by atoms with Crippen molar-refractivity contribution in [2.45, 2.75) is 243 Å². The first-order valence-corrected chi connectivity index (χ1v) is 41.1. The average Bonchev–Trinajstić information content (AvgIpc) is 1.71. The normalized spacial score (nSPS) is 15.6. The van der Waals surface area contributed by atoms with Crippen molar-refractivity contribution in [1.29, 1.82) is 0 Å². The highest BCUT2D eigenvalue weighted by atomic mass is 16.4. The van der Waals surface area contributed by atoms with Gasteiger partial charge in [-0.3, -0.25) is 91.9 Å². The number of aliphatic carboxylic acids is 1. The zero-order chi connectivity index (χ0) is 92.6. The van der Waals surface area contributed by atoms with Crippen LogP contribution in [0.2, 0.25) is 0 Å². The third-order valence-corrected chi connectivity index (χ3v) is 19.9. The number of carbonyl (C=O) groups is 16. The largest absolute Gasteiger partial charge is 0.480 e. The van der Waals surface area contributed by atoms with Crippen LogP contribution in [0.5, 0.6) is 0 Å². The van der Waals surface area contributed by atoms with E-state index in [4.69, 9.17) is 63.1 Å². The fraction of sp³-hybridized carbons (Fsp3) is 0.658. The van der Waals surface area contributed by atoms with E-state index < -0.39 is 223 Å². The molecule has 1 aromatic rings. The molecule has 47 heteroatoms. The molecule has 1 aliphatic heterocycles. The number of carboxylic acids is 1. The molecule has 1 saturated heterocycles. The monoisotopic (exact) mass is 1740 g/mol. The number of primary amides is 1. The first-order valence-electron chi connectivity index (χ1n) is 41.1. The minimum Gasteiger partial charge on any atom is -0.480 e. The second-order valence-electron chi connectivity index (χ2n) is 30.3. The zero-order valence-corrected chi connectivity index (χ0v) is 71.2. The van der Waals surface area contributed by atoms with Crippen LogP contribution in [0.3, 0.4) is 0 Å². The van der Waals surface area contributed by atoms with Gasteiger partial charge in [-0.05, 0) is 127 Å². The van der Waals surface area contributed by atoms with Crippen LogP contribution < -0.4 is 132 Å². The second-order valence-corrected chi connectivity index (χ2v) is 30.3. The molecule has 0 unspecified atom stereocenters. The number of aliphatic imine (C=N–C) groups is 4. The number of amides is 15. The summed E-state index contributed by atoms with van der Waals surface area (Å²) < 4.78 is 0. The molecule has 0 bridgehead atoms. The summed E-state index contributed by atoms with van der Waals surface area (Å²) in [5.41, 5.74) is 61.8. The second kappa shape index (κ2) is 57.1. The minimum atomic E-state index is -1.78. The van der Waals surface area contributed by atoms with Gasteiger partial charge in [-0.25, -0.2) is 4.79 Å². The number of nitrogens with one attached hydrogen (secondary N) is 13. The minimum absolute atomic E-state index is 0.0271. The summed E-state index contributed by atoms with van der Waals surface area (Å²) in [5, 5.41) is 53.6. The molecule has 37 N–H and O–H groups in total. The number of aliphatic hydroxyl groups excluding tert-OH is 1. The van der Waals surface area contributed by atoms with Gasteiger partial charge in [0.25, 0.3) is 0 Å². The molecular weight excluding hydrogens is 1610 g/mol. The maximum atomic E-state index is 14.8. The Morgan fingerprint density at radius 2 is 0.829 bits per heavy atom. The van der Waals surface area contributed by atoms with Gasteiger partial charge in [-0.15, -0.1) is 0 Å². The van der Waals surface area contributed by atoms with Crippen molar-refractivity contribution < 1.29 is 86.9 Å². The third kappa shape index (κ3) is 41.2. The van der Waals surface area contributed by atoms with E-state index in [1.807, 2.05) is 0 Å². The first kappa shape index (κ1) is 107. The highest BCUT2D eigenvalue weighted by molar-refractivity contribution is 6.00. The van der Waals surface area contributed by atoms with Crippen LogP contribution in [0, 0.1) is 17.8 Å². The third-order valence-electron chi connectivity index (χ3n) is 19.9. The van der Waals surface area contributed by atoms with Crippen LogP contribution in [-0.4, -0.2) is 271 Å². The Bertz CT molecular complexity index is 3780. The average molecular weight is 1740 g/mol. The number of nitrogens with zero attached hydrogens (tertiary/aromatic N) is 5. The Balaban J connectivity index is 2.48. The van der Waals surface area contributed by atoms with Gasteiger partial charge >= 0.3 is 5.97 Å². The summed E-state index contributed by atoms with van der Waals surface area (Å²) in [6, 6.07) is -9.82. The van der Waals surface area contributed by atoms with E-state index in [1.165, 1.54) is 11.8 Å². The number of unbranched alkanes of at least 4 members (excludes halogenated alkanes) is 1. The number of guanidine groups is 4. The van der Waals surface area contributed by atoms with Crippen molar-refractivity contribution in [2.24, 2.45) is 101 Å². The molecule has 1 fully saturated rings. The van der Waals surface area contributed by atoms with E-state index in [2.05, 4.69) is 89.1 Å². The molecule has 0 radical (unpaired) electrons. The topological polar surface area (TPSA) is 809 Å². The summed E-state index contributed by atoms with van der Waals surface area (Å²) >= 11 is 0. The molecule has 0 aliphatic carbocycles. The summed E-state index contributed by atoms with van der Waals surface area (Å²) in [6.07, 6.45) is 0.156. The molecule has 15 amide bonds. The Hall–Kier alpha value is -12.3. The fourth-order valence-electron chi connectivity index (χ4n) is 12.5. The van der Waals surface area contributed by atoms with Crippen LogP contribution in [0.1, 0.15) is 163 Å². The molecule has 1 aromatic carbocycles. The molecule has 690 valence electrons. The Morgan fingerprint density at radius 1 is 0.439 bits per heavy atom. The Kier molecular flexibility index (Phi) is 49.5. The Labute approximate surface area is 714 Å². The number of rotatable bonds is 59. The molecule has 1 heterocycles. The lowest BCUT2D eigenvalue weighted by Crippen LogP contribution is -2.61. The van der Waals surface area contributed by atoms with Gasteiger partial charge in [0.15, 0.2) is 23.8 Å².